The molecule has 14 heavy (non-hydrogen) atoms. The molecular formula is C10H8OS3. The molecule has 2 rings (SSSR count). The Morgan fingerprint density at radius 1 is 1.50 bits per heavy atom. The third kappa shape index (κ3) is 1.58. The van der Waals surface area contributed by atoms with Crippen LogP contribution in [-0.2, 0) is 0 Å². The first kappa shape index (κ1) is 10.1. The fourth-order valence-corrected chi connectivity index (χ4v) is 3.67. The molecule has 2 aromatic rings. The molecular weight excluding hydrogens is 232 g/mol. The molecule has 1 aromatic heterocycles. The quantitative estimate of drug-likeness (QED) is 0.489. The van der Waals surface area contributed by atoms with Crippen molar-refractivity contribution in [1.82, 2.24) is 0 Å². The number of hydrogen-bond acceptors (Lipinski definition) is 4. The Bertz CT molecular complexity index is 487. The van der Waals surface area contributed by atoms with Gasteiger partial charge in [-0.3, -0.25) is 4.79 Å². The monoisotopic (exact) mass is 240 g/mol. The number of fused-ring (bicyclic) bond motifs is 1. The Kier molecular flexibility index (Phi) is 2.85. The number of benzene rings is 1. The van der Waals surface area contributed by atoms with Crippen LogP contribution in [0.5, 0.6) is 0 Å². The molecule has 0 bridgehead atoms. The van der Waals surface area contributed by atoms with Gasteiger partial charge in [-0.1, -0.05) is 0 Å². The average molecular weight is 240 g/mol. The summed E-state index contributed by atoms with van der Waals surface area (Å²) in [7, 11) is 0. The van der Waals surface area contributed by atoms with Gasteiger partial charge in [0, 0.05) is 30.8 Å². The summed E-state index contributed by atoms with van der Waals surface area (Å²) < 4.78 is 1.13. The highest BCUT2D eigenvalue weighted by Gasteiger charge is 2.08. The van der Waals surface area contributed by atoms with E-state index in [1.165, 1.54) is 4.90 Å². The number of rotatable bonds is 2. The van der Waals surface area contributed by atoms with Crippen LogP contribution in [0.1, 0.15) is 10.4 Å². The van der Waals surface area contributed by atoms with Crippen molar-refractivity contribution in [3.8, 4) is 0 Å². The Morgan fingerprint density at radius 3 is 2.93 bits per heavy atom. The van der Waals surface area contributed by atoms with Crippen LogP contribution in [0.3, 0.4) is 0 Å². The van der Waals surface area contributed by atoms with Gasteiger partial charge < -0.3 is 0 Å². The fraction of sp³-hybridized carbons (Fsp3) is 0.100. The van der Waals surface area contributed by atoms with E-state index in [-0.39, 0.29) is 0 Å². The second kappa shape index (κ2) is 3.96. The summed E-state index contributed by atoms with van der Waals surface area (Å²) in [6.07, 6.45) is 2.92. The van der Waals surface area contributed by atoms with Crippen LogP contribution < -0.4 is 0 Å². The first-order valence-electron chi connectivity index (χ1n) is 3.99. The number of hydrogen-bond donors (Lipinski definition) is 1. The van der Waals surface area contributed by atoms with Gasteiger partial charge in [0.25, 0.3) is 0 Å². The van der Waals surface area contributed by atoms with E-state index in [2.05, 4.69) is 18.0 Å². The summed E-state index contributed by atoms with van der Waals surface area (Å²) in [5, 5.41) is 3.14. The van der Waals surface area contributed by atoms with Crippen LogP contribution in [-0.4, -0.2) is 12.5 Å². The van der Waals surface area contributed by atoms with Crippen LogP contribution >= 0.6 is 35.7 Å². The summed E-state index contributed by atoms with van der Waals surface area (Å²) in [6, 6.07) is 3.81. The number of carbonyl (C=O) groups excluding carboxylic acids is 1. The van der Waals surface area contributed by atoms with Gasteiger partial charge in [-0.2, -0.15) is 0 Å². The lowest BCUT2D eigenvalue weighted by Crippen LogP contribution is -1.82. The maximum atomic E-state index is 10.9. The van der Waals surface area contributed by atoms with Crippen molar-refractivity contribution in [3.05, 3.63) is 23.1 Å². The second-order valence-corrected chi connectivity index (χ2v) is 5.11. The zero-order valence-corrected chi connectivity index (χ0v) is 10.0. The smallest absolute Gasteiger partial charge is 0.150 e. The molecule has 4 heteroatoms. The van der Waals surface area contributed by atoms with Crippen molar-refractivity contribution < 1.29 is 4.79 Å². The van der Waals surface area contributed by atoms with E-state index in [9.17, 15) is 4.79 Å². The predicted octanol–water partition coefficient (Wildman–Crippen LogP) is 3.72. The molecule has 1 aromatic carbocycles. The maximum Gasteiger partial charge on any atom is 0.150 e. The summed E-state index contributed by atoms with van der Waals surface area (Å²) >= 11 is 7.58. The molecule has 1 nitrogen and oxygen atoms in total. The van der Waals surface area contributed by atoms with Gasteiger partial charge >= 0.3 is 0 Å². The van der Waals surface area contributed by atoms with Crippen LogP contribution in [0.4, 0.5) is 0 Å². The minimum atomic E-state index is 0.734. The number of aldehydes is 1. The zero-order valence-electron chi connectivity index (χ0n) is 7.48. The summed E-state index contributed by atoms with van der Waals surface area (Å²) in [5.41, 5.74) is 0.734. The molecule has 0 saturated carbocycles. The SMILES string of the molecule is CSc1csc2cc(S)cc(C=O)c12. The minimum absolute atomic E-state index is 0.734. The zero-order chi connectivity index (χ0) is 10.1. The van der Waals surface area contributed by atoms with E-state index in [1.54, 1.807) is 23.1 Å². The van der Waals surface area contributed by atoms with Crippen molar-refractivity contribution in [2.24, 2.45) is 0 Å². The lowest BCUT2D eigenvalue weighted by molar-refractivity contribution is 0.112. The Hall–Kier alpha value is -0.450. The van der Waals surface area contributed by atoms with Gasteiger partial charge in [0.2, 0.25) is 0 Å². The molecule has 0 atom stereocenters. The van der Waals surface area contributed by atoms with E-state index >= 15 is 0 Å². The van der Waals surface area contributed by atoms with Gasteiger partial charge in [0.1, 0.15) is 0 Å². The highest BCUT2D eigenvalue weighted by molar-refractivity contribution is 7.99. The third-order valence-electron chi connectivity index (χ3n) is 2.00. The van der Waals surface area contributed by atoms with Crippen LogP contribution in [0, 0.1) is 0 Å². The topological polar surface area (TPSA) is 17.1 Å². The predicted molar refractivity (Wildman–Crippen MR) is 66.2 cm³/mol. The molecule has 0 aliphatic rings. The molecule has 1 heterocycles. The van der Waals surface area contributed by atoms with E-state index in [0.717, 1.165) is 26.8 Å². The molecule has 0 N–H and O–H groups in total. The van der Waals surface area contributed by atoms with Gasteiger partial charge in [-0.05, 0) is 18.4 Å². The molecule has 0 saturated heterocycles. The van der Waals surface area contributed by atoms with Crippen molar-refractivity contribution in [3.63, 3.8) is 0 Å². The number of carbonyl (C=O) groups is 1. The van der Waals surface area contributed by atoms with Crippen molar-refractivity contribution >= 4 is 52.1 Å². The lowest BCUT2D eigenvalue weighted by Gasteiger charge is -1.99. The molecule has 0 amide bonds. The highest BCUT2D eigenvalue weighted by Crippen LogP contribution is 2.35. The Labute approximate surface area is 95.9 Å². The van der Waals surface area contributed by atoms with E-state index in [1.807, 2.05) is 18.4 Å². The van der Waals surface area contributed by atoms with Crippen LogP contribution in [0.15, 0.2) is 27.3 Å². The Balaban J connectivity index is 2.85. The van der Waals surface area contributed by atoms with Gasteiger partial charge in [-0.25, -0.2) is 0 Å². The first-order valence-corrected chi connectivity index (χ1v) is 6.55. The molecule has 0 radical (unpaired) electrons. The van der Waals surface area contributed by atoms with Gasteiger partial charge in [-0.15, -0.1) is 35.7 Å². The lowest BCUT2D eigenvalue weighted by atomic mass is 10.1. The molecule has 0 aliphatic carbocycles. The minimum Gasteiger partial charge on any atom is -0.298 e. The van der Waals surface area contributed by atoms with Crippen LogP contribution in [0.2, 0.25) is 0 Å². The number of thiophene rings is 1. The fourth-order valence-electron chi connectivity index (χ4n) is 1.40. The largest absolute Gasteiger partial charge is 0.298 e. The Morgan fingerprint density at radius 2 is 2.29 bits per heavy atom. The van der Waals surface area contributed by atoms with Crippen LogP contribution in [0.25, 0.3) is 10.1 Å². The van der Waals surface area contributed by atoms with Gasteiger partial charge in [0.15, 0.2) is 6.29 Å². The molecule has 0 aliphatic heterocycles. The molecule has 0 unspecified atom stereocenters. The summed E-state index contributed by atoms with van der Waals surface area (Å²) in [4.78, 5) is 12.9. The summed E-state index contributed by atoms with van der Waals surface area (Å²) in [5.74, 6) is 0. The maximum absolute atomic E-state index is 10.9. The number of thioether (sulfide) groups is 1. The molecule has 0 spiro atoms. The first-order chi connectivity index (χ1) is 6.76. The van der Waals surface area contributed by atoms with E-state index in [4.69, 9.17) is 0 Å². The van der Waals surface area contributed by atoms with E-state index in [0.29, 0.717) is 0 Å². The number of thiol groups is 1. The van der Waals surface area contributed by atoms with Crippen molar-refractivity contribution in [2.45, 2.75) is 9.79 Å². The van der Waals surface area contributed by atoms with E-state index < -0.39 is 0 Å². The van der Waals surface area contributed by atoms with Crippen molar-refractivity contribution in [2.75, 3.05) is 6.26 Å². The van der Waals surface area contributed by atoms with Crippen molar-refractivity contribution in [1.29, 1.82) is 0 Å². The second-order valence-electron chi connectivity index (χ2n) is 2.83. The highest BCUT2D eigenvalue weighted by atomic mass is 32.2. The summed E-state index contributed by atoms with van der Waals surface area (Å²) in [6.45, 7) is 0. The van der Waals surface area contributed by atoms with Gasteiger partial charge in [0.05, 0.1) is 0 Å². The molecule has 0 fully saturated rings. The standard InChI is InChI=1S/C10H8OS3/c1-13-9-5-14-8-3-7(12)2-6(4-11)10(8)9/h2-5,12H,1H3. The average Bonchev–Trinajstić information content (AvgIpc) is 2.59. The normalized spacial score (nSPS) is 10.7. The third-order valence-corrected chi connectivity index (χ3v) is 4.10. The molecule has 72 valence electrons.